The van der Waals surface area contributed by atoms with Crippen LogP contribution >= 0.6 is 0 Å². The molecule has 0 saturated carbocycles. The zero-order valence-electron chi connectivity index (χ0n) is 24.4. The highest BCUT2D eigenvalue weighted by Crippen LogP contribution is 2.27. The second-order valence-electron chi connectivity index (χ2n) is 9.83. The Hall–Kier alpha value is -4.76. The number of aryl methyl sites for hydroxylation is 2. The Morgan fingerprint density at radius 1 is 1.09 bits per heavy atom. The van der Waals surface area contributed by atoms with E-state index in [-0.39, 0.29) is 36.3 Å². The first-order valence-corrected chi connectivity index (χ1v) is 15.5. The molecule has 2 aromatic heterocycles. The van der Waals surface area contributed by atoms with Gasteiger partial charge in [-0.25, -0.2) is 22.9 Å². The third kappa shape index (κ3) is 5.94. The normalized spacial score (nSPS) is 13.8. The summed E-state index contributed by atoms with van der Waals surface area (Å²) in [5.74, 6) is -0.533. The maximum Gasteiger partial charge on any atom is 0.361 e. The Morgan fingerprint density at radius 3 is 2.51 bits per heavy atom. The number of benzene rings is 2. The Balaban J connectivity index is 1.55. The third-order valence-corrected chi connectivity index (χ3v) is 7.54. The van der Waals surface area contributed by atoms with Gasteiger partial charge < -0.3 is 9.64 Å². The molecule has 4 aromatic rings. The lowest BCUT2D eigenvalue weighted by molar-refractivity contribution is -0.134. The molecule has 14 nitrogen and oxygen atoms in total. The van der Waals surface area contributed by atoms with Crippen molar-refractivity contribution in [3.05, 3.63) is 69.9 Å². The number of nitrogens with zero attached hydrogens (tertiary/aromatic N) is 8. The molecule has 0 unspecified atom stereocenters. The Bertz CT molecular complexity index is 1960. The number of fused-ring (bicyclic) bond motifs is 2. The molecule has 43 heavy (non-hydrogen) atoms. The van der Waals surface area contributed by atoms with E-state index in [0.29, 0.717) is 29.9 Å². The fraction of sp³-hybridized carbons (Fsp3) is 0.321. The first-order chi connectivity index (χ1) is 20.5. The van der Waals surface area contributed by atoms with Crippen molar-refractivity contribution in [3.63, 3.8) is 0 Å². The van der Waals surface area contributed by atoms with Crippen LogP contribution in [0.1, 0.15) is 30.9 Å². The molecule has 0 atom stereocenters. The van der Waals surface area contributed by atoms with Crippen LogP contribution in [0.3, 0.4) is 0 Å². The predicted molar refractivity (Wildman–Crippen MR) is 163 cm³/mol. The van der Waals surface area contributed by atoms with Gasteiger partial charge in [0.15, 0.2) is 5.71 Å². The number of sulfonamides is 1. The maximum atomic E-state index is 13.4. The lowest BCUT2D eigenvalue weighted by Gasteiger charge is -2.23. The smallest absolute Gasteiger partial charge is 0.361 e. The molecule has 3 heterocycles. The molecule has 0 fully saturated rings. The average molecular weight is 606 g/mol. The number of anilines is 1. The average Bonchev–Trinajstić information content (AvgIpc) is 3.54. The number of carbonyl (C=O) groups is 1. The first-order valence-electron chi connectivity index (χ1n) is 13.6. The summed E-state index contributed by atoms with van der Waals surface area (Å²) in [7, 11) is -3.29. The zero-order chi connectivity index (χ0) is 30.9. The van der Waals surface area contributed by atoms with Crippen LogP contribution in [0.15, 0.2) is 57.4 Å². The van der Waals surface area contributed by atoms with Crippen molar-refractivity contribution in [2.24, 2.45) is 10.1 Å². The van der Waals surface area contributed by atoms with Gasteiger partial charge >= 0.3 is 5.97 Å². The van der Waals surface area contributed by atoms with Gasteiger partial charge in [0.25, 0.3) is 11.5 Å². The van der Waals surface area contributed by atoms with Gasteiger partial charge in [0, 0.05) is 30.7 Å². The van der Waals surface area contributed by atoms with Gasteiger partial charge in [-0.1, -0.05) is 18.2 Å². The van der Waals surface area contributed by atoms with E-state index < -0.39 is 21.6 Å². The number of aromatic nitrogens is 5. The van der Waals surface area contributed by atoms with E-state index in [2.05, 4.69) is 25.1 Å². The number of ether oxygens (including phenoxy) is 1. The number of nitrogens with one attached hydrogen (secondary N) is 1. The van der Waals surface area contributed by atoms with Crippen LogP contribution in [0, 0.1) is 13.8 Å². The van der Waals surface area contributed by atoms with Crippen LogP contribution in [0.5, 0.6) is 0 Å². The number of aliphatic imine (C=N–C) groups is 1. The van der Waals surface area contributed by atoms with Gasteiger partial charge in [0.05, 0.1) is 29.6 Å². The number of carbonyl (C=O) groups excluding carboxylic acids is 1. The highest BCUT2D eigenvalue weighted by atomic mass is 32.2. The largest absolute Gasteiger partial charge is 0.461 e. The molecule has 0 bridgehead atoms. The molecule has 1 aliphatic rings. The summed E-state index contributed by atoms with van der Waals surface area (Å²) in [5.41, 5.74) is 2.49. The molecule has 5 rings (SSSR count). The fourth-order valence-electron chi connectivity index (χ4n) is 4.74. The molecule has 0 radical (unpaired) electrons. The molecule has 2 aromatic carbocycles. The number of rotatable bonds is 10. The lowest BCUT2D eigenvalue weighted by atomic mass is 10.1. The molecule has 0 aliphatic carbocycles. The predicted octanol–water partition coefficient (Wildman–Crippen LogP) is 1.87. The van der Waals surface area contributed by atoms with Crippen molar-refractivity contribution in [1.29, 1.82) is 0 Å². The van der Waals surface area contributed by atoms with Crippen molar-refractivity contribution in [3.8, 4) is 5.95 Å². The van der Waals surface area contributed by atoms with Gasteiger partial charge in [-0.3, -0.25) is 4.79 Å². The van der Waals surface area contributed by atoms with Crippen LogP contribution < -0.4 is 15.2 Å². The molecule has 224 valence electrons. The van der Waals surface area contributed by atoms with Gasteiger partial charge in [-0.05, 0) is 57.5 Å². The van der Waals surface area contributed by atoms with Crippen molar-refractivity contribution in [2.75, 3.05) is 37.4 Å². The Morgan fingerprint density at radius 2 is 1.84 bits per heavy atom. The summed E-state index contributed by atoms with van der Waals surface area (Å²) in [6.07, 6.45) is 1.12. The van der Waals surface area contributed by atoms with Crippen molar-refractivity contribution in [1.82, 2.24) is 29.4 Å². The zero-order valence-corrected chi connectivity index (χ0v) is 25.2. The minimum Gasteiger partial charge on any atom is -0.461 e. The van der Waals surface area contributed by atoms with Crippen molar-refractivity contribution >= 4 is 49.6 Å². The van der Waals surface area contributed by atoms with Crippen LogP contribution in [-0.4, -0.2) is 83.0 Å². The number of likely N-dealkylation sites (N-methyl/N-ethyl adjacent to an activating group) is 1. The van der Waals surface area contributed by atoms with E-state index in [1.54, 1.807) is 32.0 Å². The summed E-state index contributed by atoms with van der Waals surface area (Å²) in [5, 5.41) is 18.4. The number of esters is 1. The highest BCUT2D eigenvalue weighted by molar-refractivity contribution is 7.88. The monoisotopic (exact) mass is 605 g/mol. The van der Waals surface area contributed by atoms with E-state index >= 15 is 0 Å². The van der Waals surface area contributed by atoms with Gasteiger partial charge in [-0.2, -0.15) is 19.6 Å². The van der Waals surface area contributed by atoms with E-state index in [9.17, 15) is 18.0 Å². The van der Waals surface area contributed by atoms with Gasteiger partial charge in [0.1, 0.15) is 5.71 Å². The molecular weight excluding hydrogens is 574 g/mol. The topological polar surface area (TPSA) is 166 Å². The minimum atomic E-state index is -3.29. The summed E-state index contributed by atoms with van der Waals surface area (Å²) < 4.78 is 33.0. The summed E-state index contributed by atoms with van der Waals surface area (Å²) >= 11 is 0. The second-order valence-corrected chi connectivity index (χ2v) is 11.7. The molecule has 0 amide bonds. The summed E-state index contributed by atoms with van der Waals surface area (Å²) in [4.78, 5) is 33.1. The van der Waals surface area contributed by atoms with E-state index in [1.807, 2.05) is 43.0 Å². The van der Waals surface area contributed by atoms with Crippen molar-refractivity contribution < 1.29 is 17.9 Å². The van der Waals surface area contributed by atoms with Crippen LogP contribution in [0.4, 0.5) is 11.4 Å². The fourth-order valence-corrected chi connectivity index (χ4v) is 5.20. The number of hydrogen-bond acceptors (Lipinski definition) is 11. The van der Waals surface area contributed by atoms with E-state index in [4.69, 9.17) is 9.73 Å². The molecular formula is C28H31N9O5S. The third-order valence-electron chi connectivity index (χ3n) is 6.81. The van der Waals surface area contributed by atoms with Gasteiger partial charge in [0.2, 0.25) is 15.8 Å². The highest BCUT2D eigenvalue weighted by Gasteiger charge is 2.35. The molecule has 0 spiro atoms. The maximum absolute atomic E-state index is 13.4. The van der Waals surface area contributed by atoms with Crippen LogP contribution in [-0.2, 0) is 19.6 Å². The summed E-state index contributed by atoms with van der Waals surface area (Å²) in [6, 6.07) is 12.7. The van der Waals surface area contributed by atoms with Gasteiger partial charge in [-0.15, -0.1) is 10.2 Å². The molecule has 15 heteroatoms. The standard InChI is InChI=1S/C28H31N9O5S/c1-6-35(15-14-29-43(5,40)41)19-12-13-22(17(3)16-19)30-23-24(27(39)42-7-2)34-36-25(23)31-32-28(36)37-26(38)21-11-9-8-10-20(21)18(4)33-37/h8-13,16,29H,6-7,14-15H2,1-5H3. The lowest BCUT2D eigenvalue weighted by Crippen LogP contribution is -2.34. The van der Waals surface area contributed by atoms with E-state index in [1.165, 1.54) is 4.68 Å². The minimum absolute atomic E-state index is 0.00853. The summed E-state index contributed by atoms with van der Waals surface area (Å²) in [6.45, 7) is 8.85. The van der Waals surface area contributed by atoms with Crippen molar-refractivity contribution in [2.45, 2.75) is 27.7 Å². The Labute approximate surface area is 247 Å². The van der Waals surface area contributed by atoms with Crippen LogP contribution in [0.25, 0.3) is 16.7 Å². The molecule has 0 saturated heterocycles. The molecule has 1 aliphatic heterocycles. The Kier molecular flexibility index (Phi) is 8.19. The quantitative estimate of drug-likeness (QED) is 0.266. The van der Waals surface area contributed by atoms with Crippen LogP contribution in [0.2, 0.25) is 0 Å². The molecule has 1 N–H and O–H groups in total. The first kappa shape index (κ1) is 29.7. The number of hydrogen-bond donors (Lipinski definition) is 1. The second kappa shape index (κ2) is 11.9. The SMILES string of the molecule is CCOC(=O)C1=Nn2c(nnc2-n2nc(C)c3ccccc3c2=O)C1=Nc1ccc(N(CC)CCNS(C)(=O)=O)cc1C. The van der Waals surface area contributed by atoms with E-state index in [0.717, 1.165) is 27.6 Å².